The summed E-state index contributed by atoms with van der Waals surface area (Å²) in [5.74, 6) is 0. The largest absolute Gasteiger partial charge is 0.388 e. The number of methoxy groups -OCH3 is 1. The van der Waals surface area contributed by atoms with Gasteiger partial charge in [0.05, 0.1) is 12.2 Å². The van der Waals surface area contributed by atoms with Crippen LogP contribution in [0, 0.1) is 0 Å². The van der Waals surface area contributed by atoms with Gasteiger partial charge in [-0.1, -0.05) is 0 Å². The van der Waals surface area contributed by atoms with Gasteiger partial charge in [-0.2, -0.15) is 0 Å². The highest BCUT2D eigenvalue weighted by Crippen LogP contribution is 2.16. The van der Waals surface area contributed by atoms with Gasteiger partial charge < -0.3 is 14.6 Å². The Balaban J connectivity index is 2.42. The van der Waals surface area contributed by atoms with E-state index in [2.05, 4.69) is 0 Å². The normalized spacial score (nSPS) is 41.7. The molecule has 3 atom stereocenters. The van der Waals surface area contributed by atoms with Gasteiger partial charge in [0.1, 0.15) is 6.10 Å². The number of ether oxygens (including phenoxy) is 2. The van der Waals surface area contributed by atoms with Gasteiger partial charge in [0.2, 0.25) is 0 Å². The van der Waals surface area contributed by atoms with Crippen LogP contribution in [0.5, 0.6) is 0 Å². The van der Waals surface area contributed by atoms with Crippen LogP contribution in [0.2, 0.25) is 0 Å². The zero-order valence-corrected chi connectivity index (χ0v) is 6.41. The first kappa shape index (κ1) is 7.98. The minimum absolute atomic E-state index is 0.0382. The van der Waals surface area contributed by atoms with E-state index in [1.165, 1.54) is 0 Å². The van der Waals surface area contributed by atoms with E-state index < -0.39 is 6.10 Å². The third-order valence-corrected chi connectivity index (χ3v) is 1.95. The molecule has 0 aromatic rings. The summed E-state index contributed by atoms with van der Waals surface area (Å²) in [6.45, 7) is 2.55. The Kier molecular flexibility index (Phi) is 2.65. The van der Waals surface area contributed by atoms with Crippen molar-refractivity contribution in [1.29, 1.82) is 0 Å². The zero-order chi connectivity index (χ0) is 7.56. The van der Waals surface area contributed by atoms with Crippen LogP contribution in [0.3, 0.4) is 0 Å². The highest BCUT2D eigenvalue weighted by molar-refractivity contribution is 4.78. The molecule has 3 nitrogen and oxygen atoms in total. The predicted octanol–water partition coefficient (Wildman–Crippen LogP) is 0.171. The Morgan fingerprint density at radius 2 is 2.30 bits per heavy atom. The average Bonchev–Trinajstić information content (AvgIpc) is 1.95. The summed E-state index contributed by atoms with van der Waals surface area (Å²) in [4.78, 5) is 0. The Hall–Kier alpha value is -0.120. The van der Waals surface area contributed by atoms with Crippen LogP contribution in [0.15, 0.2) is 0 Å². The zero-order valence-electron chi connectivity index (χ0n) is 6.41. The van der Waals surface area contributed by atoms with Gasteiger partial charge in [-0.15, -0.1) is 0 Å². The lowest BCUT2D eigenvalue weighted by molar-refractivity contribution is -0.138. The number of aliphatic hydroxyl groups excluding tert-OH is 1. The molecule has 0 aromatic heterocycles. The van der Waals surface area contributed by atoms with Gasteiger partial charge in [-0.05, 0) is 13.3 Å². The summed E-state index contributed by atoms with van der Waals surface area (Å²) in [5.41, 5.74) is 0. The van der Waals surface area contributed by atoms with Crippen molar-refractivity contribution in [2.75, 3.05) is 13.7 Å². The van der Waals surface area contributed by atoms with Crippen molar-refractivity contribution in [3.63, 3.8) is 0 Å². The molecule has 1 rings (SSSR count). The summed E-state index contributed by atoms with van der Waals surface area (Å²) >= 11 is 0. The molecule has 1 N–H and O–H groups in total. The molecule has 1 fully saturated rings. The Morgan fingerprint density at radius 3 is 2.80 bits per heavy atom. The summed E-state index contributed by atoms with van der Waals surface area (Å²) in [6.07, 6.45) is 0.211. The van der Waals surface area contributed by atoms with E-state index in [0.29, 0.717) is 6.61 Å². The monoisotopic (exact) mass is 146 g/mol. The highest BCUT2D eigenvalue weighted by Gasteiger charge is 2.29. The second kappa shape index (κ2) is 3.32. The first-order chi connectivity index (χ1) is 4.75. The molecule has 1 aliphatic heterocycles. The van der Waals surface area contributed by atoms with Gasteiger partial charge in [0.15, 0.2) is 0 Å². The van der Waals surface area contributed by atoms with Gasteiger partial charge in [-0.25, -0.2) is 0 Å². The maximum absolute atomic E-state index is 9.39. The minimum atomic E-state index is -0.459. The van der Waals surface area contributed by atoms with E-state index >= 15 is 0 Å². The molecular weight excluding hydrogens is 132 g/mol. The van der Waals surface area contributed by atoms with Crippen molar-refractivity contribution in [2.45, 2.75) is 31.7 Å². The lowest BCUT2D eigenvalue weighted by Gasteiger charge is -2.31. The van der Waals surface area contributed by atoms with Gasteiger partial charge in [0.25, 0.3) is 0 Å². The summed E-state index contributed by atoms with van der Waals surface area (Å²) in [7, 11) is 1.62. The van der Waals surface area contributed by atoms with E-state index in [1.807, 2.05) is 6.92 Å². The number of hydrogen-bond donors (Lipinski definition) is 1. The minimum Gasteiger partial charge on any atom is -0.388 e. The van der Waals surface area contributed by atoms with E-state index in [-0.39, 0.29) is 12.2 Å². The smallest absolute Gasteiger partial charge is 0.106 e. The van der Waals surface area contributed by atoms with Crippen molar-refractivity contribution in [3.8, 4) is 0 Å². The number of aliphatic hydroxyl groups is 1. The molecule has 1 unspecified atom stereocenters. The molecule has 0 saturated carbocycles. The van der Waals surface area contributed by atoms with E-state index in [9.17, 15) is 5.11 Å². The third-order valence-electron chi connectivity index (χ3n) is 1.95. The van der Waals surface area contributed by atoms with Crippen LogP contribution in [0.1, 0.15) is 13.3 Å². The van der Waals surface area contributed by atoms with Gasteiger partial charge in [-0.3, -0.25) is 0 Å². The maximum atomic E-state index is 9.39. The predicted molar refractivity (Wildman–Crippen MR) is 36.8 cm³/mol. The second-order valence-corrected chi connectivity index (χ2v) is 2.63. The summed E-state index contributed by atoms with van der Waals surface area (Å²) in [5, 5.41) is 9.39. The topological polar surface area (TPSA) is 38.7 Å². The van der Waals surface area contributed by atoms with Gasteiger partial charge >= 0.3 is 0 Å². The fraction of sp³-hybridized carbons (Fsp3) is 1.00. The Morgan fingerprint density at radius 1 is 1.60 bits per heavy atom. The first-order valence-corrected chi connectivity index (χ1v) is 3.58. The molecule has 0 aromatic carbocycles. The molecule has 1 aliphatic rings. The van der Waals surface area contributed by atoms with Crippen LogP contribution < -0.4 is 0 Å². The van der Waals surface area contributed by atoms with Crippen molar-refractivity contribution < 1.29 is 14.6 Å². The van der Waals surface area contributed by atoms with Crippen molar-refractivity contribution in [3.05, 3.63) is 0 Å². The first-order valence-electron chi connectivity index (χ1n) is 3.58. The Bertz CT molecular complexity index is 105. The Labute approximate surface area is 60.9 Å². The summed E-state index contributed by atoms with van der Waals surface area (Å²) in [6, 6.07) is 0. The molecule has 0 aliphatic carbocycles. The van der Waals surface area contributed by atoms with E-state index in [1.54, 1.807) is 7.11 Å². The number of hydrogen-bond acceptors (Lipinski definition) is 3. The number of rotatable bonds is 1. The fourth-order valence-electron chi connectivity index (χ4n) is 1.20. The molecule has 3 heteroatoms. The SMILES string of the molecule is COC1CCO[C@@H](C)[C@@H]1O. The van der Waals surface area contributed by atoms with Crippen LogP contribution in [0.4, 0.5) is 0 Å². The highest BCUT2D eigenvalue weighted by atomic mass is 16.5. The molecule has 60 valence electrons. The molecule has 0 radical (unpaired) electrons. The molecule has 10 heavy (non-hydrogen) atoms. The molecule has 1 heterocycles. The van der Waals surface area contributed by atoms with Crippen molar-refractivity contribution in [2.24, 2.45) is 0 Å². The van der Waals surface area contributed by atoms with Gasteiger partial charge in [0, 0.05) is 13.7 Å². The van der Waals surface area contributed by atoms with E-state index in [0.717, 1.165) is 6.42 Å². The maximum Gasteiger partial charge on any atom is 0.106 e. The molecule has 0 spiro atoms. The van der Waals surface area contributed by atoms with Crippen LogP contribution in [-0.4, -0.2) is 37.1 Å². The standard InChI is InChI=1S/C7H14O3/c1-5-7(8)6(9-2)3-4-10-5/h5-8H,3-4H2,1-2H3/t5-,6?,7-/m0/s1. The molecule has 1 saturated heterocycles. The average molecular weight is 146 g/mol. The quantitative estimate of drug-likeness (QED) is 0.573. The van der Waals surface area contributed by atoms with Crippen molar-refractivity contribution >= 4 is 0 Å². The second-order valence-electron chi connectivity index (χ2n) is 2.63. The molecule has 0 bridgehead atoms. The lowest BCUT2D eigenvalue weighted by atomic mass is 10.0. The fourth-order valence-corrected chi connectivity index (χ4v) is 1.20. The lowest BCUT2D eigenvalue weighted by Crippen LogP contribution is -2.43. The van der Waals surface area contributed by atoms with Crippen LogP contribution in [0.25, 0.3) is 0 Å². The molecular formula is C7H14O3. The third kappa shape index (κ3) is 1.48. The van der Waals surface area contributed by atoms with Crippen LogP contribution >= 0.6 is 0 Å². The summed E-state index contributed by atoms with van der Waals surface area (Å²) < 4.78 is 10.2. The van der Waals surface area contributed by atoms with Crippen molar-refractivity contribution in [1.82, 2.24) is 0 Å². The van der Waals surface area contributed by atoms with E-state index in [4.69, 9.17) is 9.47 Å². The molecule has 0 amide bonds. The van der Waals surface area contributed by atoms with Crippen LogP contribution in [-0.2, 0) is 9.47 Å².